The van der Waals surface area contributed by atoms with Gasteiger partial charge in [-0.2, -0.15) is 0 Å². The number of piperidine rings is 4. The highest BCUT2D eigenvalue weighted by Crippen LogP contribution is 2.18. The fourth-order valence-corrected chi connectivity index (χ4v) is 14.6. The quantitative estimate of drug-likeness (QED) is 0.120. The van der Waals surface area contributed by atoms with Crippen LogP contribution in [0.15, 0.2) is 39.9 Å². The summed E-state index contributed by atoms with van der Waals surface area (Å²) in [4.78, 5) is 64.6. The third-order valence-corrected chi connectivity index (χ3v) is 24.4. The van der Waals surface area contributed by atoms with E-state index in [2.05, 4.69) is 232 Å². The molecule has 0 unspecified atom stereocenters. The summed E-state index contributed by atoms with van der Waals surface area (Å²) in [5, 5.41) is 71.7. The lowest BCUT2D eigenvalue weighted by molar-refractivity contribution is 0.0574. The van der Waals surface area contributed by atoms with Gasteiger partial charge in [-0.1, -0.05) is 13.8 Å². The molecule has 0 aromatic heterocycles. The predicted octanol–water partition coefficient (Wildman–Crippen LogP) is 1.25. The smallest absolute Gasteiger partial charge is 0.287 e. The van der Waals surface area contributed by atoms with Crippen molar-refractivity contribution < 1.29 is 18.9 Å². The summed E-state index contributed by atoms with van der Waals surface area (Å²) in [6.07, 6.45) is 11.1. The van der Waals surface area contributed by atoms with E-state index >= 15 is 0 Å². The molecule has 15 heterocycles. The maximum Gasteiger partial charge on any atom is 0.287 e. The molecule has 15 rings (SSSR count). The van der Waals surface area contributed by atoms with E-state index in [9.17, 15) is 0 Å². The van der Waals surface area contributed by atoms with Crippen molar-refractivity contribution in [3.63, 3.8) is 0 Å². The van der Waals surface area contributed by atoms with E-state index in [0.717, 1.165) is 341 Å². The summed E-state index contributed by atoms with van der Waals surface area (Å²) in [5.74, 6) is 10.5. The molecule has 15 aliphatic rings. The van der Waals surface area contributed by atoms with Gasteiger partial charge in [0.15, 0.2) is 53.6 Å². The van der Waals surface area contributed by atoms with Crippen molar-refractivity contribution >= 4 is 83.2 Å². The summed E-state index contributed by atoms with van der Waals surface area (Å²) in [6, 6.07) is 1.49. The van der Waals surface area contributed by atoms with Crippen LogP contribution in [0, 0.1) is 44.3 Å². The third-order valence-electron chi connectivity index (χ3n) is 24.4. The molecular weight excluding hydrogens is 1760 g/mol. The van der Waals surface area contributed by atoms with Crippen molar-refractivity contribution in [1.29, 1.82) is 32.5 Å². The van der Waals surface area contributed by atoms with Crippen molar-refractivity contribution in [3.05, 3.63) is 0 Å². The number of hydrogen-bond acceptors (Lipinski definition) is 32. The first-order valence-electron chi connectivity index (χ1n) is 50.7. The lowest BCUT2D eigenvalue weighted by Gasteiger charge is -2.32. The Kier molecular flexibility index (Phi) is 71.2. The zero-order chi connectivity index (χ0) is 103. The van der Waals surface area contributed by atoms with E-state index in [1.165, 1.54) is 51.7 Å². The Morgan fingerprint density at radius 2 is 0.848 bits per heavy atom. The third kappa shape index (κ3) is 58.9. The van der Waals surface area contributed by atoms with Crippen molar-refractivity contribution in [3.8, 4) is 0 Å². The first kappa shape index (κ1) is 126. The number of likely N-dealkylation sites (N-methyl/N-ethyl adjacent to an activating group) is 6. The predicted molar refractivity (Wildman–Crippen MR) is 578 cm³/mol. The van der Waals surface area contributed by atoms with Gasteiger partial charge in [-0.3, -0.25) is 62.4 Å². The Bertz CT molecular complexity index is 3230. The Balaban J connectivity index is 0.000000740. The number of methoxy groups -OCH3 is 2. The number of guanidine groups is 9. The first-order chi connectivity index (χ1) is 66.1. The van der Waals surface area contributed by atoms with Crippen LogP contribution in [-0.4, -0.2) is 536 Å². The Morgan fingerprint density at radius 1 is 0.406 bits per heavy atom. The van der Waals surface area contributed by atoms with E-state index in [1.54, 1.807) is 28.3 Å². The second-order valence-electron chi connectivity index (χ2n) is 35.6. The lowest BCUT2D eigenvalue weighted by Crippen LogP contribution is -2.49. The Hall–Kier alpha value is -9.86. The summed E-state index contributed by atoms with van der Waals surface area (Å²) < 4.78 is 20.6. The fraction of sp³-hybridized carbons (Fsp3) is 0.849. The Morgan fingerprint density at radius 3 is 1.22 bits per heavy atom. The molecule has 21 N–H and O–H groups in total. The molecule has 0 aromatic rings. The molecule has 0 aliphatic carbocycles. The molecule has 0 atom stereocenters. The van der Waals surface area contributed by atoms with Gasteiger partial charge in [0.05, 0.1) is 69.0 Å². The molecule has 0 aromatic carbocycles. The zero-order valence-corrected chi connectivity index (χ0v) is 90.5. The minimum atomic E-state index is 0.180. The number of rotatable bonds is 8. The van der Waals surface area contributed by atoms with E-state index in [-0.39, 0.29) is 17.9 Å². The molecule has 45 heteroatoms. The van der Waals surface area contributed by atoms with Gasteiger partial charge in [0.2, 0.25) is 0 Å². The Labute approximate surface area is 833 Å². The first-order valence-corrected chi connectivity index (χ1v) is 50.7. The van der Waals surface area contributed by atoms with E-state index in [0.29, 0.717) is 29.9 Å². The number of nitrogens with zero attached hydrogens (tertiary/aromatic N) is 23. The van der Waals surface area contributed by atoms with Crippen LogP contribution in [0.25, 0.3) is 0 Å². The minimum Gasteiger partial charge on any atom is -0.463 e. The number of hydrogen-bond donors (Lipinski definition) is 18. The van der Waals surface area contributed by atoms with E-state index < -0.39 is 0 Å². The van der Waals surface area contributed by atoms with Crippen LogP contribution in [0.4, 0.5) is 0 Å². The number of ether oxygens (including phenoxy) is 4. The maximum absolute atomic E-state index is 7.40. The molecule has 9 fully saturated rings. The fourth-order valence-electron chi connectivity index (χ4n) is 14.6. The monoisotopic (exact) mass is 1950 g/mol. The van der Waals surface area contributed by atoms with E-state index in [1.807, 2.05) is 68.4 Å². The average Bonchev–Trinajstić information content (AvgIpc) is 1.84. The zero-order valence-electron chi connectivity index (χ0n) is 90.5. The number of nitrogens with two attached hydrogens (primary N) is 3. The van der Waals surface area contributed by atoms with E-state index in [4.69, 9.17) is 68.6 Å². The molecule has 0 spiro atoms. The number of aliphatic imine (C=N–C) groups is 8. The van der Waals surface area contributed by atoms with Gasteiger partial charge >= 0.3 is 0 Å². The molecule has 0 bridgehead atoms. The highest BCUT2D eigenvalue weighted by atomic mass is 16.5. The van der Waals surface area contributed by atoms with Crippen LogP contribution in [0.2, 0.25) is 0 Å². The molecule has 0 amide bonds. The summed E-state index contributed by atoms with van der Waals surface area (Å²) in [5.41, 5.74) is 15.9. The van der Waals surface area contributed by atoms with Crippen LogP contribution >= 0.6 is 0 Å². The van der Waals surface area contributed by atoms with Crippen LogP contribution in [0.3, 0.4) is 0 Å². The van der Waals surface area contributed by atoms with Crippen LogP contribution in [-0.2, 0) is 18.9 Å². The standard InChI is InChI=1S/C8H16N2O.C8H16N2.C7H15N3O.3C7H15N3.C6H14N4.2C6H13N3.C6H12N2O.C6H14N2.2C5H11N3.C5H10N2O.C4H9N3/c1-7(9)10-5-3-8(11-2)4-6-10;1-7-3-5-10(6-4-7)8(2)9;1-11-6-2-4-10(5-3-6)7(8)9;1-7(8)10-5-3-9(2)4-6-10;1-6-2-4-10(5-3-6)7(8)9;1-4-9(2)7-8-5-6-10(7)3;1-9-2-4-10(5-3-9)6(7)8;1-3-9(2)6-7-4-5-8-6;1-3-7-6-8-4-5-9(6)2;1-3-8(2)6-7-4-5-9-6;1-8-5-2-3-7-4-6-8;1-6-5-7-3-4-8(5)2;2*1-2-6-5-7-3-4-8-5;1-5-4-6-2-3-7-4/h8-9H,3-6H2,1-2H3;7,9H,3-6H2,1-2H3;6H,2-5H2,1H3,(H3,8,9);8H,3-6H2,1-2H3;6H,2-5H2,1H3,(H3,8,9);4-6H2,1-3H3;2-5H2,1H3,(H3,7,8);2*3-5H2,1-2H3,(H,7,8);3-5H2,1-2H3;7H,2-6H2,1H3;3-4H2,1-2H3,(H,6,7);2-4H2,1H3,(H2,6,7,8);2-4H2,1H3,(H,6,7);2-3H2,1H3,(H2,5,6,7). The van der Waals surface area contributed by atoms with Gasteiger partial charge in [-0.25, -0.2) is 9.98 Å². The summed E-state index contributed by atoms with van der Waals surface area (Å²) in [7, 11) is 25.7. The minimum absolute atomic E-state index is 0.180. The van der Waals surface area contributed by atoms with Crippen LogP contribution < -0.4 is 65.1 Å². The summed E-state index contributed by atoms with van der Waals surface area (Å²) >= 11 is 0. The maximum atomic E-state index is 7.40. The highest BCUT2D eigenvalue weighted by Gasteiger charge is 2.24. The highest BCUT2D eigenvalue weighted by molar-refractivity contribution is 5.84. The summed E-state index contributed by atoms with van der Waals surface area (Å²) in [6.45, 7) is 64.1. The molecule has 138 heavy (non-hydrogen) atoms. The van der Waals surface area contributed by atoms with Crippen molar-refractivity contribution in [2.45, 2.75) is 146 Å². The van der Waals surface area contributed by atoms with Gasteiger partial charge in [0.25, 0.3) is 12.0 Å². The largest absolute Gasteiger partial charge is 0.463 e. The molecule has 45 nitrogen and oxygen atoms in total. The molecule has 0 saturated carbocycles. The number of nitrogens with one attached hydrogen (secondary N) is 15. The van der Waals surface area contributed by atoms with Crippen LogP contribution in [0.5, 0.6) is 0 Å². The topological polar surface area (TPSA) is 514 Å². The number of piperazine rings is 2. The van der Waals surface area contributed by atoms with Gasteiger partial charge < -0.3 is 157 Å². The van der Waals surface area contributed by atoms with Gasteiger partial charge in [-0.15, -0.1) is 0 Å². The average molecular weight is 1960 g/mol. The van der Waals surface area contributed by atoms with Crippen molar-refractivity contribution in [1.82, 2.24) is 121 Å². The lowest BCUT2D eigenvalue weighted by atomic mass is 9.99. The SMILES string of the molecule is CC(=N)N1CCC(C)CC1.CC(=N)N1CCN(C)CC1.CC1CCN(C(=N)N)CC1.CCN(C)C1=NCCN1.CCN(C)C1=NCCN1C.CCN(C)C1=NCCO1.CCNC1=NCCN1.CCNC1=NCCN1C.CCNC1=NCCO1.CN1CCCNCC1.CN1CCN(C(=N)N)CC1.CN=C1NCCN1.CN=C1NCCN1C.COC1CCN(C(=N)N)CC1.COC1CCN(C(C)=N)CC1. The molecule has 9 saturated heterocycles. The second-order valence-corrected chi connectivity index (χ2v) is 35.6. The number of likely N-dealkylation sites (tertiary alicyclic amines) is 4. The molecule has 0 radical (unpaired) electrons. The van der Waals surface area contributed by atoms with Crippen LogP contribution in [0.1, 0.15) is 134 Å². The van der Waals surface area contributed by atoms with Crippen molar-refractivity contribution in [2.75, 3.05) is 367 Å². The van der Waals surface area contributed by atoms with Crippen molar-refractivity contribution in [2.24, 2.45) is 69.0 Å². The van der Waals surface area contributed by atoms with Gasteiger partial charge in [-0.05, 0) is 166 Å². The molecular formula is C93H199N41O4. The van der Waals surface area contributed by atoms with Gasteiger partial charge in [0.1, 0.15) is 13.2 Å². The second kappa shape index (κ2) is 77.9. The molecule has 800 valence electrons. The van der Waals surface area contributed by atoms with Gasteiger partial charge in [0, 0.05) is 280 Å². The number of amidine groups is 5. The molecule has 15 aliphatic heterocycles. The normalized spacial score (nSPS) is 19.8.